The predicted octanol–water partition coefficient (Wildman–Crippen LogP) is 4.34. The SMILES string of the molecule is CCC1(N)CCC(Oc2ncnc3sc4c(c23)[C@@H](C[C@@H](C)O)CC4)CC1.Cl. The van der Waals surface area contributed by atoms with Crippen LogP contribution < -0.4 is 10.5 Å². The first kappa shape index (κ1) is 20.8. The summed E-state index contributed by atoms with van der Waals surface area (Å²) in [6, 6.07) is 0. The lowest BCUT2D eigenvalue weighted by molar-refractivity contribution is 0.113. The van der Waals surface area contributed by atoms with Crippen molar-refractivity contribution in [1.29, 1.82) is 0 Å². The van der Waals surface area contributed by atoms with Crippen molar-refractivity contribution < 1.29 is 9.84 Å². The predicted molar refractivity (Wildman–Crippen MR) is 112 cm³/mol. The second kappa shape index (κ2) is 8.19. The van der Waals surface area contributed by atoms with Gasteiger partial charge in [0, 0.05) is 10.4 Å². The number of aryl methyl sites for hydroxylation is 1. The maximum Gasteiger partial charge on any atom is 0.225 e. The Morgan fingerprint density at radius 2 is 2.07 bits per heavy atom. The molecule has 0 aromatic carbocycles. The van der Waals surface area contributed by atoms with E-state index in [9.17, 15) is 5.11 Å². The zero-order valence-corrected chi connectivity index (χ0v) is 17.7. The van der Waals surface area contributed by atoms with Crippen LogP contribution in [0.15, 0.2) is 6.33 Å². The Labute approximate surface area is 171 Å². The lowest BCUT2D eigenvalue weighted by Gasteiger charge is -2.36. The van der Waals surface area contributed by atoms with E-state index in [0.717, 1.165) is 67.5 Å². The number of rotatable bonds is 5. The fourth-order valence-electron chi connectivity index (χ4n) is 4.57. The van der Waals surface area contributed by atoms with Gasteiger partial charge in [0.15, 0.2) is 0 Å². The van der Waals surface area contributed by atoms with E-state index in [1.165, 1.54) is 10.4 Å². The standard InChI is InChI=1S/C20H29N3O2S.ClH/c1-3-20(21)8-6-14(7-9-20)25-18-17-16-13(10-12(2)24)4-5-15(16)26-19(17)23-11-22-18;/h11-14,24H,3-10,21H2,1-2H3;1H/t12-,13-,14?,20?;/m1./s1. The largest absolute Gasteiger partial charge is 0.474 e. The van der Waals surface area contributed by atoms with Crippen molar-refractivity contribution in [3.05, 3.63) is 16.8 Å². The molecule has 1 fully saturated rings. The number of hydrogen-bond donors (Lipinski definition) is 2. The topological polar surface area (TPSA) is 81.3 Å². The fourth-order valence-corrected chi connectivity index (χ4v) is 5.80. The van der Waals surface area contributed by atoms with Crippen LogP contribution in [0.5, 0.6) is 5.88 Å². The van der Waals surface area contributed by atoms with Gasteiger partial charge < -0.3 is 15.6 Å². The van der Waals surface area contributed by atoms with Crippen LogP contribution in [-0.4, -0.2) is 32.8 Å². The molecule has 5 nitrogen and oxygen atoms in total. The van der Waals surface area contributed by atoms with E-state index < -0.39 is 0 Å². The molecule has 2 aliphatic carbocycles. The lowest BCUT2D eigenvalue weighted by atomic mass is 9.79. The van der Waals surface area contributed by atoms with Crippen LogP contribution in [0.2, 0.25) is 0 Å². The first-order valence-corrected chi connectivity index (χ1v) is 10.7. The molecule has 27 heavy (non-hydrogen) atoms. The van der Waals surface area contributed by atoms with Gasteiger partial charge in [-0.3, -0.25) is 0 Å². The minimum absolute atomic E-state index is 0. The molecule has 3 N–H and O–H groups in total. The third-order valence-electron chi connectivity index (χ3n) is 6.23. The van der Waals surface area contributed by atoms with Crippen LogP contribution in [0.3, 0.4) is 0 Å². The second-order valence-corrected chi connectivity index (χ2v) is 9.23. The summed E-state index contributed by atoms with van der Waals surface area (Å²) >= 11 is 1.76. The van der Waals surface area contributed by atoms with Gasteiger partial charge in [0.05, 0.1) is 11.5 Å². The van der Waals surface area contributed by atoms with Gasteiger partial charge in [-0.2, -0.15) is 0 Å². The van der Waals surface area contributed by atoms with Crippen LogP contribution >= 0.6 is 23.7 Å². The van der Waals surface area contributed by atoms with Crippen molar-refractivity contribution >= 4 is 34.0 Å². The molecule has 1 saturated carbocycles. The zero-order valence-electron chi connectivity index (χ0n) is 16.1. The monoisotopic (exact) mass is 411 g/mol. The molecular weight excluding hydrogens is 382 g/mol. The number of ether oxygens (including phenoxy) is 1. The fraction of sp³-hybridized carbons (Fsp3) is 0.700. The van der Waals surface area contributed by atoms with Gasteiger partial charge in [-0.25, -0.2) is 9.97 Å². The summed E-state index contributed by atoms with van der Waals surface area (Å²) in [5.41, 5.74) is 7.73. The van der Waals surface area contributed by atoms with Crippen LogP contribution in [0.4, 0.5) is 0 Å². The summed E-state index contributed by atoms with van der Waals surface area (Å²) in [7, 11) is 0. The van der Waals surface area contributed by atoms with Crippen LogP contribution in [0, 0.1) is 0 Å². The molecule has 2 aromatic rings. The molecule has 2 heterocycles. The van der Waals surface area contributed by atoms with E-state index in [2.05, 4.69) is 16.9 Å². The van der Waals surface area contributed by atoms with Crippen LogP contribution in [-0.2, 0) is 6.42 Å². The molecule has 150 valence electrons. The Bertz CT molecular complexity index is 787. The molecular formula is C20H30ClN3O2S. The van der Waals surface area contributed by atoms with Gasteiger partial charge in [0.1, 0.15) is 17.3 Å². The van der Waals surface area contributed by atoms with Crippen LogP contribution in [0.25, 0.3) is 10.2 Å². The third-order valence-corrected chi connectivity index (χ3v) is 7.41. The highest BCUT2D eigenvalue weighted by atomic mass is 35.5. The number of aromatic nitrogens is 2. The zero-order chi connectivity index (χ0) is 18.3. The van der Waals surface area contributed by atoms with Gasteiger partial charge >= 0.3 is 0 Å². The molecule has 0 radical (unpaired) electrons. The Balaban J connectivity index is 0.00000210. The molecule has 0 aliphatic heterocycles. The number of hydrogen-bond acceptors (Lipinski definition) is 6. The first-order valence-electron chi connectivity index (χ1n) is 9.89. The summed E-state index contributed by atoms with van der Waals surface area (Å²) in [4.78, 5) is 11.4. The van der Waals surface area contributed by atoms with E-state index in [1.807, 2.05) is 6.92 Å². The minimum atomic E-state index is -0.292. The van der Waals surface area contributed by atoms with Crippen molar-refractivity contribution in [1.82, 2.24) is 9.97 Å². The number of aliphatic hydroxyl groups excluding tert-OH is 1. The quantitative estimate of drug-likeness (QED) is 0.764. The van der Waals surface area contributed by atoms with Gasteiger partial charge in [-0.1, -0.05) is 6.92 Å². The molecule has 0 spiro atoms. The number of nitrogens with zero attached hydrogens (tertiary/aromatic N) is 2. The number of aliphatic hydroxyl groups is 1. The average Bonchev–Trinajstić information content (AvgIpc) is 3.17. The van der Waals surface area contributed by atoms with Crippen molar-refractivity contribution in [3.63, 3.8) is 0 Å². The minimum Gasteiger partial charge on any atom is -0.474 e. The normalized spacial score (nSPS) is 28.6. The molecule has 2 atom stereocenters. The maximum atomic E-state index is 9.88. The van der Waals surface area contributed by atoms with Gasteiger partial charge in [0.25, 0.3) is 0 Å². The molecule has 7 heteroatoms. The van der Waals surface area contributed by atoms with E-state index >= 15 is 0 Å². The summed E-state index contributed by atoms with van der Waals surface area (Å²) < 4.78 is 6.38. The highest BCUT2D eigenvalue weighted by Crippen LogP contribution is 2.47. The lowest BCUT2D eigenvalue weighted by Crippen LogP contribution is -2.44. The highest BCUT2D eigenvalue weighted by molar-refractivity contribution is 7.19. The van der Waals surface area contributed by atoms with Crippen molar-refractivity contribution in [3.8, 4) is 5.88 Å². The van der Waals surface area contributed by atoms with Gasteiger partial charge in [-0.05, 0) is 69.8 Å². The van der Waals surface area contributed by atoms with Crippen LogP contribution in [0.1, 0.15) is 75.2 Å². The van der Waals surface area contributed by atoms with Gasteiger partial charge in [-0.15, -0.1) is 23.7 Å². The van der Waals surface area contributed by atoms with E-state index in [0.29, 0.717) is 5.92 Å². The van der Waals surface area contributed by atoms with E-state index in [4.69, 9.17) is 10.5 Å². The number of thiophene rings is 1. The van der Waals surface area contributed by atoms with E-state index in [-0.39, 0.29) is 30.2 Å². The molecule has 2 aromatic heterocycles. The van der Waals surface area contributed by atoms with Gasteiger partial charge in [0.2, 0.25) is 5.88 Å². The second-order valence-electron chi connectivity index (χ2n) is 8.15. The number of nitrogens with two attached hydrogens (primary N) is 1. The van der Waals surface area contributed by atoms with Crippen molar-refractivity contribution in [2.75, 3.05) is 0 Å². The average molecular weight is 412 g/mol. The molecule has 0 saturated heterocycles. The highest BCUT2D eigenvalue weighted by Gasteiger charge is 2.33. The summed E-state index contributed by atoms with van der Waals surface area (Å²) in [6.45, 7) is 4.04. The Hall–Kier alpha value is -0.950. The summed E-state index contributed by atoms with van der Waals surface area (Å²) in [6.07, 6.45) is 9.49. The smallest absolute Gasteiger partial charge is 0.225 e. The molecule has 4 rings (SSSR count). The molecule has 0 bridgehead atoms. The summed E-state index contributed by atoms with van der Waals surface area (Å²) in [5, 5.41) is 11.0. The Morgan fingerprint density at radius 3 is 2.74 bits per heavy atom. The number of fused-ring (bicyclic) bond motifs is 3. The maximum absolute atomic E-state index is 9.88. The molecule has 0 unspecified atom stereocenters. The number of halogens is 1. The molecule has 0 amide bonds. The summed E-state index contributed by atoms with van der Waals surface area (Å²) in [5.74, 6) is 1.12. The first-order chi connectivity index (χ1) is 12.5. The Kier molecular flexibility index (Phi) is 6.31. The van der Waals surface area contributed by atoms with Crippen molar-refractivity contribution in [2.45, 2.75) is 88.9 Å². The van der Waals surface area contributed by atoms with Crippen molar-refractivity contribution in [2.24, 2.45) is 5.73 Å². The molecule has 2 aliphatic rings. The Morgan fingerprint density at radius 1 is 1.33 bits per heavy atom. The van der Waals surface area contributed by atoms with E-state index in [1.54, 1.807) is 17.7 Å². The third kappa shape index (κ3) is 4.09.